The van der Waals surface area contributed by atoms with Gasteiger partial charge in [0, 0.05) is 35.3 Å². The maximum absolute atomic E-state index is 12.9. The van der Waals surface area contributed by atoms with Gasteiger partial charge in [-0.05, 0) is 59.6 Å². The Hall–Kier alpha value is -3.14. The highest BCUT2D eigenvalue weighted by atomic mass is 16.1. The summed E-state index contributed by atoms with van der Waals surface area (Å²) in [7, 11) is 0. The van der Waals surface area contributed by atoms with E-state index in [9.17, 15) is 4.79 Å². The van der Waals surface area contributed by atoms with Crippen molar-refractivity contribution < 1.29 is 0 Å². The molecule has 0 fully saturated rings. The second-order valence-electron chi connectivity index (χ2n) is 10.2. The first-order valence-corrected chi connectivity index (χ1v) is 12.0. The minimum Gasteiger partial charge on any atom is -0.360 e. The monoisotopic (exact) mass is 441 g/mol. The Bertz CT molecular complexity index is 1350. The van der Waals surface area contributed by atoms with Crippen LogP contribution in [0.2, 0.25) is 0 Å². The van der Waals surface area contributed by atoms with E-state index >= 15 is 0 Å². The Balaban J connectivity index is 1.78. The molecule has 0 aliphatic rings. The molecule has 0 bridgehead atoms. The molecule has 4 nitrogen and oxygen atoms in total. The normalized spacial score (nSPS) is 11.9. The molecule has 172 valence electrons. The molecule has 4 aromatic rings. The van der Waals surface area contributed by atoms with Crippen molar-refractivity contribution in [2.45, 2.75) is 67.3 Å². The van der Waals surface area contributed by atoms with E-state index in [2.05, 4.69) is 76.0 Å². The van der Waals surface area contributed by atoms with Gasteiger partial charge in [-0.2, -0.15) is 0 Å². The van der Waals surface area contributed by atoms with Crippen LogP contribution in [0.1, 0.15) is 58.0 Å². The van der Waals surface area contributed by atoms with Crippen LogP contribution < -0.4 is 5.56 Å². The van der Waals surface area contributed by atoms with Crippen LogP contribution in [-0.2, 0) is 19.4 Å². The van der Waals surface area contributed by atoms with E-state index in [4.69, 9.17) is 4.98 Å². The molecule has 0 saturated carbocycles. The van der Waals surface area contributed by atoms with Crippen LogP contribution in [0.3, 0.4) is 0 Å². The Kier molecular flexibility index (Phi) is 6.29. The van der Waals surface area contributed by atoms with Crippen molar-refractivity contribution in [3.05, 3.63) is 76.0 Å². The van der Waals surface area contributed by atoms with Crippen molar-refractivity contribution >= 4 is 10.9 Å². The van der Waals surface area contributed by atoms with E-state index < -0.39 is 0 Å². The lowest BCUT2D eigenvalue weighted by Gasteiger charge is -2.21. The molecule has 0 aliphatic carbocycles. The van der Waals surface area contributed by atoms with Crippen LogP contribution in [0, 0.1) is 12.3 Å². The van der Waals surface area contributed by atoms with Crippen molar-refractivity contribution in [2.24, 2.45) is 5.41 Å². The minimum atomic E-state index is -0.00275. The molecule has 1 N–H and O–H groups in total. The number of rotatable bonds is 6. The first-order valence-electron chi connectivity index (χ1n) is 12.0. The lowest BCUT2D eigenvalue weighted by molar-refractivity contribution is 0.332. The summed E-state index contributed by atoms with van der Waals surface area (Å²) in [6, 6.07) is 15.0. The molecule has 0 atom stereocenters. The lowest BCUT2D eigenvalue weighted by atomic mass is 9.94. The van der Waals surface area contributed by atoms with Crippen LogP contribution in [0.15, 0.2) is 53.5 Å². The van der Waals surface area contributed by atoms with Gasteiger partial charge in [-0.15, -0.1) is 0 Å². The maximum Gasteiger partial charge on any atom is 0.254 e. The molecule has 0 spiro atoms. The highest BCUT2D eigenvalue weighted by molar-refractivity contribution is 5.97. The fraction of sp³-hybridized carbons (Fsp3) is 0.379. The van der Waals surface area contributed by atoms with E-state index in [0.29, 0.717) is 6.54 Å². The van der Waals surface area contributed by atoms with Gasteiger partial charge in [0.05, 0.1) is 5.69 Å². The van der Waals surface area contributed by atoms with Gasteiger partial charge >= 0.3 is 0 Å². The molecule has 4 heteroatoms. The third-order valence-electron chi connectivity index (χ3n) is 6.23. The zero-order valence-electron chi connectivity index (χ0n) is 20.7. The maximum atomic E-state index is 12.9. The molecule has 2 heterocycles. The number of aryl methyl sites for hydroxylation is 3. The van der Waals surface area contributed by atoms with E-state index in [1.54, 1.807) is 10.6 Å². The Morgan fingerprint density at radius 3 is 2.36 bits per heavy atom. The predicted octanol–water partition coefficient (Wildman–Crippen LogP) is 6.93. The van der Waals surface area contributed by atoms with Gasteiger partial charge in [0.25, 0.3) is 5.56 Å². The summed E-state index contributed by atoms with van der Waals surface area (Å²) >= 11 is 0. The number of aromatic nitrogens is 3. The predicted molar refractivity (Wildman–Crippen MR) is 139 cm³/mol. The molecule has 0 saturated heterocycles. The number of fused-ring (bicyclic) bond motifs is 1. The minimum absolute atomic E-state index is 0.00275. The van der Waals surface area contributed by atoms with Crippen LogP contribution in [-0.4, -0.2) is 14.5 Å². The number of H-pyrrole nitrogens is 1. The zero-order valence-corrected chi connectivity index (χ0v) is 20.7. The molecule has 4 rings (SSSR count). The van der Waals surface area contributed by atoms with Crippen molar-refractivity contribution in [1.29, 1.82) is 0 Å². The van der Waals surface area contributed by atoms with Gasteiger partial charge in [0.1, 0.15) is 5.82 Å². The van der Waals surface area contributed by atoms with Gasteiger partial charge < -0.3 is 4.98 Å². The van der Waals surface area contributed by atoms with Crippen molar-refractivity contribution in [3.63, 3.8) is 0 Å². The van der Waals surface area contributed by atoms with E-state index in [0.717, 1.165) is 47.2 Å². The zero-order chi connectivity index (χ0) is 23.8. The summed E-state index contributed by atoms with van der Waals surface area (Å²) in [4.78, 5) is 21.1. The summed E-state index contributed by atoms with van der Waals surface area (Å²) in [5.74, 6) is 0.747. The van der Waals surface area contributed by atoms with Crippen LogP contribution in [0.4, 0.5) is 0 Å². The summed E-state index contributed by atoms with van der Waals surface area (Å²) in [6.45, 7) is 13.4. The number of nitrogens with one attached hydrogen (secondary N) is 1. The second-order valence-corrected chi connectivity index (χ2v) is 10.2. The molecular weight excluding hydrogens is 406 g/mol. The number of aromatic amines is 1. The smallest absolute Gasteiger partial charge is 0.254 e. The van der Waals surface area contributed by atoms with Gasteiger partial charge in [-0.3, -0.25) is 9.36 Å². The van der Waals surface area contributed by atoms with Crippen LogP contribution in [0.25, 0.3) is 33.3 Å². The van der Waals surface area contributed by atoms with E-state index in [-0.39, 0.29) is 11.0 Å². The third-order valence-corrected chi connectivity index (χ3v) is 6.23. The van der Waals surface area contributed by atoms with Crippen molar-refractivity contribution in [1.82, 2.24) is 14.5 Å². The number of benzene rings is 2. The third kappa shape index (κ3) is 4.80. The first-order chi connectivity index (χ1) is 15.7. The topological polar surface area (TPSA) is 50.7 Å². The summed E-state index contributed by atoms with van der Waals surface area (Å²) in [5, 5.41) is 1.09. The molecular formula is C29H35N3O. The molecule has 0 aliphatic heterocycles. The van der Waals surface area contributed by atoms with E-state index in [1.807, 2.05) is 13.1 Å². The Labute approximate surface area is 196 Å². The highest BCUT2D eigenvalue weighted by Crippen LogP contribution is 2.32. The first kappa shape index (κ1) is 23.0. The number of hydrogen-bond acceptors (Lipinski definition) is 2. The average molecular weight is 442 g/mol. The van der Waals surface area contributed by atoms with E-state index in [1.165, 1.54) is 22.3 Å². The SMILES string of the molecule is CCCc1ccc(-c2ccc3[nH]cc(-c4cc(=O)n(CC(C)(C)C)c(C)n4)c3c2)cc1CC. The molecule has 0 radical (unpaired) electrons. The molecule has 33 heavy (non-hydrogen) atoms. The van der Waals surface area contributed by atoms with Crippen molar-refractivity contribution in [2.75, 3.05) is 0 Å². The average Bonchev–Trinajstić information content (AvgIpc) is 3.19. The molecule has 2 aromatic heterocycles. The van der Waals surface area contributed by atoms with Gasteiger partial charge in [0.2, 0.25) is 0 Å². The quantitative estimate of drug-likeness (QED) is 0.353. The largest absolute Gasteiger partial charge is 0.360 e. The molecule has 0 unspecified atom stereocenters. The fourth-order valence-corrected chi connectivity index (χ4v) is 4.59. The molecule has 0 amide bonds. The highest BCUT2D eigenvalue weighted by Gasteiger charge is 2.17. The van der Waals surface area contributed by atoms with Crippen LogP contribution >= 0.6 is 0 Å². The van der Waals surface area contributed by atoms with Crippen molar-refractivity contribution in [3.8, 4) is 22.4 Å². The molecule has 2 aromatic carbocycles. The van der Waals surface area contributed by atoms with Gasteiger partial charge in [-0.1, -0.05) is 65.3 Å². The Morgan fingerprint density at radius 1 is 0.970 bits per heavy atom. The van der Waals surface area contributed by atoms with Gasteiger partial charge in [-0.25, -0.2) is 4.98 Å². The number of hydrogen-bond donors (Lipinski definition) is 1. The van der Waals surface area contributed by atoms with Crippen LogP contribution in [0.5, 0.6) is 0 Å². The standard InChI is InChI=1S/C29H35N3O/c1-7-9-21-10-11-22(14-20(21)8-2)23-12-13-26-24(15-23)25(17-30-26)27-16-28(33)32(19(3)31-27)18-29(4,5)6/h10-17,30H,7-9,18H2,1-6H3. The van der Waals surface area contributed by atoms with Gasteiger partial charge in [0.15, 0.2) is 0 Å². The fourth-order valence-electron chi connectivity index (χ4n) is 4.59. The Morgan fingerprint density at radius 2 is 1.70 bits per heavy atom. The number of nitrogens with zero attached hydrogens (tertiary/aromatic N) is 2. The second kappa shape index (κ2) is 9.01. The summed E-state index contributed by atoms with van der Waals surface area (Å²) < 4.78 is 1.77. The lowest BCUT2D eigenvalue weighted by Crippen LogP contribution is -2.29. The summed E-state index contributed by atoms with van der Waals surface area (Å²) in [6.07, 6.45) is 5.28. The summed E-state index contributed by atoms with van der Waals surface area (Å²) in [5.41, 5.74) is 8.02.